The van der Waals surface area contributed by atoms with Crippen molar-refractivity contribution in [3.63, 3.8) is 0 Å². The van der Waals surface area contributed by atoms with Crippen LogP contribution in [0.2, 0.25) is 0 Å². The highest BCUT2D eigenvalue weighted by Gasteiger charge is 2.08. The van der Waals surface area contributed by atoms with Crippen molar-refractivity contribution in [2.24, 2.45) is 4.99 Å². The predicted octanol–water partition coefficient (Wildman–Crippen LogP) is -0.432. The fraction of sp³-hybridized carbons (Fsp3) is 0.250. The Balaban J connectivity index is 2.56. The van der Waals surface area contributed by atoms with E-state index < -0.39 is 0 Å². The van der Waals surface area contributed by atoms with E-state index in [1.807, 2.05) is 0 Å². The lowest BCUT2D eigenvalue weighted by atomic mass is 10.8. The molecule has 4 nitrogen and oxygen atoms in total. The number of hydrogen-bond donors (Lipinski definition) is 2. The van der Waals surface area contributed by atoms with E-state index in [1.165, 1.54) is 0 Å². The maximum Gasteiger partial charge on any atom is 0.231 e. The van der Waals surface area contributed by atoms with Crippen molar-refractivity contribution in [3.05, 3.63) is 12.5 Å². The van der Waals surface area contributed by atoms with E-state index in [4.69, 9.17) is 0 Å². The monoisotopic (exact) mass is 113 g/mol. The van der Waals surface area contributed by atoms with Gasteiger partial charge in [0, 0.05) is 7.05 Å². The van der Waals surface area contributed by atoms with Crippen molar-refractivity contribution in [1.82, 2.24) is 10.8 Å². The Morgan fingerprint density at radius 2 is 2.50 bits per heavy atom. The van der Waals surface area contributed by atoms with Crippen molar-refractivity contribution in [2.45, 2.75) is 0 Å². The lowest BCUT2D eigenvalue weighted by Gasteiger charge is -1.86. The van der Waals surface area contributed by atoms with Crippen LogP contribution < -0.4 is 10.8 Å². The predicted molar refractivity (Wildman–Crippen MR) is 29.9 cm³/mol. The molecule has 4 heteroatoms. The maximum atomic E-state index is 4.67. The van der Waals surface area contributed by atoms with Gasteiger partial charge in [-0.2, -0.15) is 5.48 Å². The van der Waals surface area contributed by atoms with Gasteiger partial charge in [0.1, 0.15) is 0 Å². The van der Waals surface area contributed by atoms with E-state index in [-0.39, 0.29) is 0 Å². The Morgan fingerprint density at radius 3 is 2.75 bits per heavy atom. The minimum Gasteiger partial charge on any atom is -0.362 e. The standard InChI is InChI=1S/C4H7N3O/c1-3-6-4(5-2)7-8-3/h1H2,2H3,(H2,5,6,7). The quantitative estimate of drug-likeness (QED) is 0.448. The van der Waals surface area contributed by atoms with Gasteiger partial charge in [0.05, 0.1) is 0 Å². The highest BCUT2D eigenvalue weighted by atomic mass is 16.7. The van der Waals surface area contributed by atoms with Crippen LogP contribution >= 0.6 is 0 Å². The summed E-state index contributed by atoms with van der Waals surface area (Å²) in [6, 6.07) is 0. The summed E-state index contributed by atoms with van der Waals surface area (Å²) in [4.78, 5) is 8.42. The van der Waals surface area contributed by atoms with Gasteiger partial charge in [-0.05, 0) is 6.58 Å². The van der Waals surface area contributed by atoms with E-state index >= 15 is 0 Å². The summed E-state index contributed by atoms with van der Waals surface area (Å²) in [7, 11) is 1.65. The first-order valence-electron chi connectivity index (χ1n) is 2.18. The lowest BCUT2D eigenvalue weighted by molar-refractivity contribution is 0.182. The normalized spacial score (nSPS) is 22.1. The van der Waals surface area contributed by atoms with E-state index in [0.29, 0.717) is 11.8 Å². The molecule has 0 aliphatic carbocycles. The molecule has 0 aromatic carbocycles. The summed E-state index contributed by atoms with van der Waals surface area (Å²) in [5.74, 6) is 1.07. The van der Waals surface area contributed by atoms with Crippen LogP contribution in [0.25, 0.3) is 0 Å². The van der Waals surface area contributed by atoms with Crippen molar-refractivity contribution in [1.29, 1.82) is 0 Å². The zero-order chi connectivity index (χ0) is 5.98. The van der Waals surface area contributed by atoms with Crippen molar-refractivity contribution in [2.75, 3.05) is 7.05 Å². The number of rotatable bonds is 0. The Morgan fingerprint density at radius 1 is 1.75 bits per heavy atom. The molecule has 1 heterocycles. The van der Waals surface area contributed by atoms with Crippen LogP contribution in [0, 0.1) is 0 Å². The van der Waals surface area contributed by atoms with Crippen LogP contribution in [-0.4, -0.2) is 13.0 Å². The summed E-state index contributed by atoms with van der Waals surface area (Å²) >= 11 is 0. The molecule has 0 unspecified atom stereocenters. The molecule has 1 aliphatic rings. The maximum absolute atomic E-state index is 4.67. The van der Waals surface area contributed by atoms with E-state index in [9.17, 15) is 0 Å². The average Bonchev–Trinajstić information content (AvgIpc) is 2.14. The minimum absolute atomic E-state index is 0.477. The van der Waals surface area contributed by atoms with Gasteiger partial charge in [0.2, 0.25) is 11.8 Å². The van der Waals surface area contributed by atoms with Crippen LogP contribution in [0.5, 0.6) is 0 Å². The number of aliphatic imine (C=N–C) groups is 1. The highest BCUT2D eigenvalue weighted by molar-refractivity contribution is 5.81. The first kappa shape index (κ1) is 4.96. The Bertz CT molecular complexity index is 140. The molecule has 44 valence electrons. The summed E-state index contributed by atoms with van der Waals surface area (Å²) in [5, 5.41) is 2.73. The molecule has 0 spiro atoms. The van der Waals surface area contributed by atoms with E-state index in [2.05, 4.69) is 27.2 Å². The molecule has 1 rings (SSSR count). The molecule has 0 radical (unpaired) electrons. The number of hydrogen-bond acceptors (Lipinski definition) is 2. The first-order chi connectivity index (χ1) is 3.83. The van der Waals surface area contributed by atoms with Crippen LogP contribution in [0.3, 0.4) is 0 Å². The van der Waals surface area contributed by atoms with Gasteiger partial charge < -0.3 is 4.84 Å². The molecule has 8 heavy (non-hydrogen) atoms. The fourth-order valence-corrected chi connectivity index (χ4v) is 0.395. The van der Waals surface area contributed by atoms with E-state index in [1.54, 1.807) is 7.05 Å². The molecule has 0 aromatic heterocycles. The SMILES string of the molecule is C=C1NC(=NC)NO1. The molecule has 1 fully saturated rings. The van der Waals surface area contributed by atoms with Gasteiger partial charge >= 0.3 is 0 Å². The largest absolute Gasteiger partial charge is 0.362 e. The minimum atomic E-state index is 0.477. The molecule has 2 N–H and O–H groups in total. The number of nitrogens with zero attached hydrogens (tertiary/aromatic N) is 1. The molecule has 0 saturated carbocycles. The Labute approximate surface area is 47.2 Å². The van der Waals surface area contributed by atoms with Gasteiger partial charge in [-0.15, -0.1) is 0 Å². The Kier molecular flexibility index (Phi) is 1.07. The summed E-state index contributed by atoms with van der Waals surface area (Å²) in [6.07, 6.45) is 0. The molecule has 0 atom stereocenters. The second-order valence-corrected chi connectivity index (χ2v) is 1.32. The molecule has 1 saturated heterocycles. The van der Waals surface area contributed by atoms with Crippen molar-refractivity contribution in [3.8, 4) is 0 Å². The summed E-state index contributed by atoms with van der Waals surface area (Å²) in [6.45, 7) is 3.48. The molecule has 0 aromatic rings. The smallest absolute Gasteiger partial charge is 0.231 e. The lowest BCUT2D eigenvalue weighted by Crippen LogP contribution is -2.22. The number of guanidine groups is 1. The van der Waals surface area contributed by atoms with Crippen molar-refractivity contribution >= 4 is 5.96 Å². The first-order valence-corrected chi connectivity index (χ1v) is 2.18. The van der Waals surface area contributed by atoms with Gasteiger partial charge in [-0.25, -0.2) is 0 Å². The van der Waals surface area contributed by atoms with E-state index in [0.717, 1.165) is 0 Å². The number of hydroxylamine groups is 1. The third-order valence-corrected chi connectivity index (χ3v) is 0.752. The van der Waals surface area contributed by atoms with Crippen LogP contribution in [0.4, 0.5) is 0 Å². The van der Waals surface area contributed by atoms with Crippen LogP contribution in [-0.2, 0) is 4.84 Å². The zero-order valence-corrected chi connectivity index (χ0v) is 4.56. The molecular formula is C4H7N3O. The van der Waals surface area contributed by atoms with Gasteiger partial charge in [-0.3, -0.25) is 10.3 Å². The summed E-state index contributed by atoms with van der Waals surface area (Å²) in [5.41, 5.74) is 2.50. The van der Waals surface area contributed by atoms with Gasteiger partial charge in [-0.1, -0.05) is 0 Å². The van der Waals surface area contributed by atoms with Gasteiger partial charge in [0.15, 0.2) is 0 Å². The van der Waals surface area contributed by atoms with Crippen LogP contribution in [0.1, 0.15) is 0 Å². The molecule has 0 bridgehead atoms. The molecule has 0 amide bonds. The Hall–Kier alpha value is -1.19. The summed E-state index contributed by atoms with van der Waals surface area (Å²) < 4.78 is 0. The van der Waals surface area contributed by atoms with Gasteiger partial charge in [0.25, 0.3) is 0 Å². The number of nitrogens with one attached hydrogen (secondary N) is 2. The van der Waals surface area contributed by atoms with Crippen LogP contribution in [0.15, 0.2) is 17.5 Å². The second-order valence-electron chi connectivity index (χ2n) is 1.32. The van der Waals surface area contributed by atoms with Crippen molar-refractivity contribution < 1.29 is 4.84 Å². The topological polar surface area (TPSA) is 45.7 Å². The second kappa shape index (κ2) is 1.73. The third-order valence-electron chi connectivity index (χ3n) is 0.752. The molecule has 1 aliphatic heterocycles. The fourth-order valence-electron chi connectivity index (χ4n) is 0.395. The average molecular weight is 113 g/mol. The highest BCUT2D eigenvalue weighted by Crippen LogP contribution is 1.90. The zero-order valence-electron chi connectivity index (χ0n) is 4.56. The molecular weight excluding hydrogens is 106 g/mol. The third kappa shape index (κ3) is 0.726.